The first-order valence-electron chi connectivity index (χ1n) is 11.6. The summed E-state index contributed by atoms with van der Waals surface area (Å²) in [4.78, 5) is 4.54. The summed E-state index contributed by atoms with van der Waals surface area (Å²) in [7, 11) is 1.74. The van der Waals surface area contributed by atoms with Crippen LogP contribution in [0.2, 0.25) is 0 Å². The summed E-state index contributed by atoms with van der Waals surface area (Å²) in [6, 6.07) is 11.5. The molecule has 0 spiro atoms. The minimum Gasteiger partial charge on any atom is -0.496 e. The molecule has 0 unspecified atom stereocenters. The Morgan fingerprint density at radius 2 is 1.87 bits per heavy atom. The van der Waals surface area contributed by atoms with Gasteiger partial charge in [0.1, 0.15) is 11.6 Å². The molecular formula is C26H32N4O. The Kier molecular flexibility index (Phi) is 5.66. The summed E-state index contributed by atoms with van der Waals surface area (Å²) < 4.78 is 7.51. The summed E-state index contributed by atoms with van der Waals surface area (Å²) >= 11 is 0. The SMILES string of the molecule is COc1ccc([C@H]2CC[C@H](CNc3cc(-c4cnn(C5CC5)c4)ccn3)CC2)cc1C. The average molecular weight is 417 g/mol. The van der Waals surface area contributed by atoms with E-state index in [4.69, 9.17) is 4.74 Å². The van der Waals surface area contributed by atoms with E-state index in [1.807, 2.05) is 12.4 Å². The smallest absolute Gasteiger partial charge is 0.126 e. The van der Waals surface area contributed by atoms with E-state index >= 15 is 0 Å². The molecule has 5 nitrogen and oxygen atoms in total. The van der Waals surface area contributed by atoms with Crippen molar-refractivity contribution in [2.75, 3.05) is 19.0 Å². The third-order valence-corrected chi connectivity index (χ3v) is 6.92. The highest BCUT2D eigenvalue weighted by Crippen LogP contribution is 2.37. The van der Waals surface area contributed by atoms with E-state index < -0.39 is 0 Å². The van der Waals surface area contributed by atoms with Crippen LogP contribution >= 0.6 is 0 Å². The van der Waals surface area contributed by atoms with E-state index in [1.165, 1.54) is 60.8 Å². The summed E-state index contributed by atoms with van der Waals surface area (Å²) in [5.74, 6) is 3.32. The van der Waals surface area contributed by atoms with Gasteiger partial charge in [-0.25, -0.2) is 4.98 Å². The minimum absolute atomic E-state index is 0.616. The number of benzene rings is 1. The molecule has 2 aliphatic rings. The molecule has 31 heavy (non-hydrogen) atoms. The molecular weight excluding hydrogens is 384 g/mol. The summed E-state index contributed by atoms with van der Waals surface area (Å²) in [5, 5.41) is 8.11. The van der Waals surface area contributed by atoms with Crippen molar-refractivity contribution in [2.45, 2.75) is 57.4 Å². The van der Waals surface area contributed by atoms with Crippen LogP contribution in [0.4, 0.5) is 5.82 Å². The fourth-order valence-corrected chi connectivity index (χ4v) is 4.84. The molecule has 2 aromatic heterocycles. The van der Waals surface area contributed by atoms with Crippen molar-refractivity contribution in [3.8, 4) is 16.9 Å². The number of ether oxygens (including phenoxy) is 1. The predicted octanol–water partition coefficient (Wildman–Crippen LogP) is 5.98. The number of aromatic nitrogens is 3. The molecule has 0 radical (unpaired) electrons. The van der Waals surface area contributed by atoms with Gasteiger partial charge < -0.3 is 10.1 Å². The number of rotatable bonds is 7. The molecule has 2 heterocycles. The van der Waals surface area contributed by atoms with E-state index in [-0.39, 0.29) is 0 Å². The van der Waals surface area contributed by atoms with E-state index in [2.05, 4.69) is 63.5 Å². The molecule has 2 aliphatic carbocycles. The van der Waals surface area contributed by atoms with Crippen molar-refractivity contribution in [1.29, 1.82) is 0 Å². The van der Waals surface area contributed by atoms with Gasteiger partial charge in [0.25, 0.3) is 0 Å². The van der Waals surface area contributed by atoms with Crippen molar-refractivity contribution in [2.24, 2.45) is 5.92 Å². The molecule has 2 fully saturated rings. The lowest BCUT2D eigenvalue weighted by Crippen LogP contribution is -2.21. The van der Waals surface area contributed by atoms with Crippen molar-refractivity contribution in [1.82, 2.24) is 14.8 Å². The Bertz CT molecular complexity index is 1030. The fourth-order valence-electron chi connectivity index (χ4n) is 4.84. The Balaban J connectivity index is 1.15. The van der Waals surface area contributed by atoms with Crippen molar-refractivity contribution in [3.63, 3.8) is 0 Å². The van der Waals surface area contributed by atoms with Crippen LogP contribution in [0.25, 0.3) is 11.1 Å². The van der Waals surface area contributed by atoms with Crippen LogP contribution in [-0.2, 0) is 0 Å². The molecule has 162 valence electrons. The van der Waals surface area contributed by atoms with Crippen LogP contribution in [0.5, 0.6) is 5.75 Å². The van der Waals surface area contributed by atoms with Gasteiger partial charge in [0, 0.05) is 24.5 Å². The Hall–Kier alpha value is -2.82. The molecule has 1 aromatic carbocycles. The third-order valence-electron chi connectivity index (χ3n) is 6.92. The first-order valence-corrected chi connectivity index (χ1v) is 11.6. The van der Waals surface area contributed by atoms with Gasteiger partial charge in [-0.2, -0.15) is 5.10 Å². The molecule has 2 saturated carbocycles. The van der Waals surface area contributed by atoms with Gasteiger partial charge in [0.2, 0.25) is 0 Å². The molecule has 0 bridgehead atoms. The highest BCUT2D eigenvalue weighted by molar-refractivity contribution is 5.64. The second-order valence-electron chi connectivity index (χ2n) is 9.20. The molecule has 0 amide bonds. The van der Waals surface area contributed by atoms with Gasteiger partial charge in [0.05, 0.1) is 19.3 Å². The Morgan fingerprint density at radius 3 is 2.61 bits per heavy atom. The lowest BCUT2D eigenvalue weighted by Gasteiger charge is -2.29. The van der Waals surface area contributed by atoms with Gasteiger partial charge >= 0.3 is 0 Å². The van der Waals surface area contributed by atoms with Crippen LogP contribution in [0.15, 0.2) is 48.9 Å². The quantitative estimate of drug-likeness (QED) is 0.514. The second kappa shape index (κ2) is 8.74. The molecule has 5 rings (SSSR count). The number of hydrogen-bond acceptors (Lipinski definition) is 4. The van der Waals surface area contributed by atoms with Gasteiger partial charge in [-0.15, -0.1) is 0 Å². The van der Waals surface area contributed by atoms with Gasteiger partial charge in [-0.1, -0.05) is 12.1 Å². The molecule has 0 aliphatic heterocycles. The minimum atomic E-state index is 0.616. The second-order valence-corrected chi connectivity index (χ2v) is 9.20. The van der Waals surface area contributed by atoms with E-state index in [0.29, 0.717) is 17.9 Å². The highest BCUT2D eigenvalue weighted by atomic mass is 16.5. The Morgan fingerprint density at radius 1 is 1.03 bits per heavy atom. The van der Waals surface area contributed by atoms with Gasteiger partial charge in [0.15, 0.2) is 0 Å². The maximum atomic E-state index is 5.41. The number of anilines is 1. The van der Waals surface area contributed by atoms with Crippen LogP contribution in [0, 0.1) is 12.8 Å². The van der Waals surface area contributed by atoms with Gasteiger partial charge in [-0.3, -0.25) is 4.68 Å². The number of pyridine rings is 1. The number of nitrogens with zero attached hydrogens (tertiary/aromatic N) is 3. The molecule has 0 saturated heterocycles. The molecule has 5 heteroatoms. The molecule has 3 aromatic rings. The topological polar surface area (TPSA) is 52.0 Å². The van der Waals surface area contributed by atoms with E-state index in [9.17, 15) is 0 Å². The first kappa shape index (κ1) is 20.1. The normalized spacial score (nSPS) is 21.1. The predicted molar refractivity (Wildman–Crippen MR) is 125 cm³/mol. The maximum Gasteiger partial charge on any atom is 0.126 e. The van der Waals surface area contributed by atoms with Crippen LogP contribution in [0.1, 0.15) is 61.6 Å². The maximum absolute atomic E-state index is 5.41. The summed E-state index contributed by atoms with van der Waals surface area (Å²) in [5.41, 5.74) is 5.05. The average Bonchev–Trinajstić information content (AvgIpc) is 3.54. The zero-order valence-electron chi connectivity index (χ0n) is 18.6. The van der Waals surface area contributed by atoms with Crippen molar-refractivity contribution in [3.05, 3.63) is 60.0 Å². The highest BCUT2D eigenvalue weighted by Gasteiger charge is 2.25. The van der Waals surface area contributed by atoms with Crippen LogP contribution < -0.4 is 10.1 Å². The first-order chi connectivity index (χ1) is 15.2. The molecule has 1 N–H and O–H groups in total. The Labute approximate surface area is 184 Å². The lowest BCUT2D eigenvalue weighted by molar-refractivity contribution is 0.338. The van der Waals surface area contributed by atoms with E-state index in [1.54, 1.807) is 7.11 Å². The molecule has 0 atom stereocenters. The zero-order valence-corrected chi connectivity index (χ0v) is 18.6. The summed E-state index contributed by atoms with van der Waals surface area (Å²) in [6.07, 6.45) is 13.6. The fraction of sp³-hybridized carbons (Fsp3) is 0.462. The van der Waals surface area contributed by atoms with E-state index in [0.717, 1.165) is 18.1 Å². The van der Waals surface area contributed by atoms with Crippen LogP contribution in [0.3, 0.4) is 0 Å². The zero-order chi connectivity index (χ0) is 21.2. The van der Waals surface area contributed by atoms with Crippen molar-refractivity contribution < 1.29 is 4.74 Å². The number of hydrogen-bond donors (Lipinski definition) is 1. The van der Waals surface area contributed by atoms with Crippen LogP contribution in [-0.4, -0.2) is 28.4 Å². The van der Waals surface area contributed by atoms with Gasteiger partial charge in [-0.05, 0) is 92.2 Å². The standard InChI is InChI=1S/C26H32N4O/c1-18-13-21(7-10-25(18)31-2)20-5-3-19(4-6-20)15-28-26-14-22(11-12-27-26)23-16-29-30(17-23)24-8-9-24/h7,10-14,16-17,19-20,24H,3-6,8-9,15H2,1-2H3,(H,27,28)/t19-,20-. The number of aryl methyl sites for hydroxylation is 1. The summed E-state index contributed by atoms with van der Waals surface area (Å²) in [6.45, 7) is 3.13. The van der Waals surface area contributed by atoms with Crippen molar-refractivity contribution >= 4 is 5.82 Å². The third kappa shape index (κ3) is 4.60. The largest absolute Gasteiger partial charge is 0.496 e. The monoisotopic (exact) mass is 416 g/mol. The number of methoxy groups -OCH3 is 1. The lowest BCUT2D eigenvalue weighted by atomic mass is 9.78. The number of nitrogens with one attached hydrogen (secondary N) is 1.